The van der Waals surface area contributed by atoms with Gasteiger partial charge in [0.25, 0.3) is 5.91 Å². The summed E-state index contributed by atoms with van der Waals surface area (Å²) in [4.78, 5) is 16.3. The monoisotopic (exact) mass is 522 g/mol. The summed E-state index contributed by atoms with van der Waals surface area (Å²) >= 11 is 6.02. The molecule has 1 aliphatic carbocycles. The zero-order valence-corrected chi connectivity index (χ0v) is 19.6. The predicted molar refractivity (Wildman–Crippen MR) is 126 cm³/mol. The van der Waals surface area contributed by atoms with E-state index in [1.165, 1.54) is 32.1 Å². The summed E-state index contributed by atoms with van der Waals surface area (Å²) < 4.78 is 5.92. The van der Waals surface area contributed by atoms with Gasteiger partial charge in [-0.05, 0) is 31.4 Å². The number of hydrogen-bond donors (Lipinski definition) is 3. The summed E-state index contributed by atoms with van der Waals surface area (Å²) in [6.07, 6.45) is 7.76. The van der Waals surface area contributed by atoms with Crippen LogP contribution in [0.3, 0.4) is 0 Å². The second kappa shape index (κ2) is 14.9. The number of halogens is 2. The van der Waals surface area contributed by atoms with E-state index < -0.39 is 0 Å². The van der Waals surface area contributed by atoms with Crippen molar-refractivity contribution in [3.05, 3.63) is 34.9 Å². The Morgan fingerprint density at radius 1 is 1.11 bits per heavy atom. The lowest BCUT2D eigenvalue weighted by Crippen LogP contribution is -2.42. The quantitative estimate of drug-likeness (QED) is 0.201. The van der Waals surface area contributed by atoms with Crippen molar-refractivity contribution in [2.45, 2.75) is 44.6 Å². The van der Waals surface area contributed by atoms with E-state index in [1.54, 1.807) is 31.3 Å². The third kappa shape index (κ3) is 9.43. The van der Waals surface area contributed by atoms with E-state index >= 15 is 0 Å². The van der Waals surface area contributed by atoms with Crippen LogP contribution in [0.1, 0.15) is 48.9 Å². The first-order chi connectivity index (χ1) is 13.2. The van der Waals surface area contributed by atoms with Crippen molar-refractivity contribution in [1.82, 2.24) is 16.0 Å². The van der Waals surface area contributed by atoms with Crippen molar-refractivity contribution in [2.24, 2.45) is 4.99 Å². The van der Waals surface area contributed by atoms with E-state index in [0.717, 1.165) is 25.5 Å². The minimum absolute atomic E-state index is 0. The first kappa shape index (κ1) is 25.0. The zero-order valence-electron chi connectivity index (χ0n) is 16.5. The first-order valence-corrected chi connectivity index (χ1v) is 10.2. The highest BCUT2D eigenvalue weighted by Gasteiger charge is 2.13. The Morgan fingerprint density at radius 3 is 2.50 bits per heavy atom. The van der Waals surface area contributed by atoms with Crippen LogP contribution in [0.25, 0.3) is 0 Å². The highest BCUT2D eigenvalue weighted by atomic mass is 127. The molecular weight excluding hydrogens is 491 g/mol. The van der Waals surface area contributed by atoms with E-state index in [1.807, 2.05) is 0 Å². The summed E-state index contributed by atoms with van der Waals surface area (Å²) in [5.74, 6) is 0.546. The molecule has 0 bridgehead atoms. The maximum Gasteiger partial charge on any atom is 0.252 e. The van der Waals surface area contributed by atoms with Gasteiger partial charge in [0.05, 0.1) is 16.7 Å². The molecule has 1 aromatic carbocycles. The van der Waals surface area contributed by atoms with Crippen LogP contribution in [0.4, 0.5) is 0 Å². The van der Waals surface area contributed by atoms with Gasteiger partial charge in [0, 0.05) is 33.3 Å². The fraction of sp³-hybridized carbons (Fsp3) is 0.600. The van der Waals surface area contributed by atoms with Crippen molar-refractivity contribution >= 4 is 47.4 Å². The number of carbonyl (C=O) groups is 1. The summed E-state index contributed by atoms with van der Waals surface area (Å²) in [5.41, 5.74) is 0.486. The molecular formula is C20H32ClIN4O2. The summed E-state index contributed by atoms with van der Waals surface area (Å²) in [6.45, 7) is 2.64. The molecule has 0 radical (unpaired) electrons. The molecule has 1 amide bonds. The summed E-state index contributed by atoms with van der Waals surface area (Å²) in [7, 11) is 1.73. The number of benzene rings is 1. The lowest BCUT2D eigenvalue weighted by Gasteiger charge is -2.22. The van der Waals surface area contributed by atoms with Crippen LogP contribution in [0, 0.1) is 0 Å². The SMILES string of the molecule is CN=C(NCCCOC1CCCCC1)NCCNC(=O)c1ccccc1Cl.I. The second-order valence-electron chi connectivity index (χ2n) is 6.65. The standard InChI is InChI=1S/C20H31ClN4O2.HI/c1-22-20(24-12-7-15-27-16-8-3-2-4-9-16)25-14-13-23-19(26)17-10-5-6-11-18(17)21;/h5-6,10-11,16H,2-4,7-9,12-15H2,1H3,(H,23,26)(H2,22,24,25);1H. The molecule has 1 aliphatic rings. The van der Waals surface area contributed by atoms with Crippen molar-refractivity contribution in [3.63, 3.8) is 0 Å². The topological polar surface area (TPSA) is 74.8 Å². The molecule has 1 saturated carbocycles. The number of aliphatic imine (C=N–C) groups is 1. The van der Waals surface area contributed by atoms with Crippen molar-refractivity contribution in [3.8, 4) is 0 Å². The van der Waals surface area contributed by atoms with E-state index in [-0.39, 0.29) is 29.9 Å². The van der Waals surface area contributed by atoms with Gasteiger partial charge >= 0.3 is 0 Å². The second-order valence-corrected chi connectivity index (χ2v) is 7.05. The van der Waals surface area contributed by atoms with Crippen LogP contribution in [-0.2, 0) is 4.74 Å². The van der Waals surface area contributed by atoms with Crippen molar-refractivity contribution < 1.29 is 9.53 Å². The highest BCUT2D eigenvalue weighted by molar-refractivity contribution is 14.0. The minimum Gasteiger partial charge on any atom is -0.378 e. The number of nitrogens with zero attached hydrogens (tertiary/aromatic N) is 1. The van der Waals surface area contributed by atoms with Crippen LogP contribution in [-0.4, -0.2) is 51.3 Å². The minimum atomic E-state index is -0.176. The van der Waals surface area contributed by atoms with Crippen LogP contribution < -0.4 is 16.0 Å². The van der Waals surface area contributed by atoms with E-state index in [9.17, 15) is 4.79 Å². The van der Waals surface area contributed by atoms with Gasteiger partial charge < -0.3 is 20.7 Å². The van der Waals surface area contributed by atoms with Crippen LogP contribution >= 0.6 is 35.6 Å². The lowest BCUT2D eigenvalue weighted by atomic mass is 9.98. The van der Waals surface area contributed by atoms with Gasteiger partial charge in [0.2, 0.25) is 0 Å². The summed E-state index contributed by atoms with van der Waals surface area (Å²) in [5, 5.41) is 9.74. The Bertz CT molecular complexity index is 610. The fourth-order valence-corrected chi connectivity index (χ4v) is 3.30. The van der Waals surface area contributed by atoms with Gasteiger partial charge in [0.15, 0.2) is 5.96 Å². The molecule has 1 fully saturated rings. The Balaban J connectivity index is 0.00000392. The molecule has 8 heteroatoms. The van der Waals surface area contributed by atoms with E-state index in [4.69, 9.17) is 16.3 Å². The maximum atomic E-state index is 12.1. The van der Waals surface area contributed by atoms with E-state index in [2.05, 4.69) is 20.9 Å². The molecule has 0 spiro atoms. The number of amides is 1. The molecule has 0 aliphatic heterocycles. The first-order valence-electron chi connectivity index (χ1n) is 9.79. The lowest BCUT2D eigenvalue weighted by molar-refractivity contribution is 0.0277. The van der Waals surface area contributed by atoms with Crippen LogP contribution in [0.2, 0.25) is 5.02 Å². The summed E-state index contributed by atoms with van der Waals surface area (Å²) in [6, 6.07) is 7.01. The average Bonchev–Trinajstić information content (AvgIpc) is 2.70. The number of guanidine groups is 1. The molecule has 3 N–H and O–H groups in total. The smallest absolute Gasteiger partial charge is 0.252 e. The molecule has 1 aromatic rings. The molecule has 0 unspecified atom stereocenters. The number of rotatable bonds is 9. The van der Waals surface area contributed by atoms with Crippen molar-refractivity contribution in [1.29, 1.82) is 0 Å². The number of hydrogen-bond acceptors (Lipinski definition) is 3. The molecule has 0 aromatic heterocycles. The Hall–Kier alpha value is -1.06. The maximum absolute atomic E-state index is 12.1. The largest absolute Gasteiger partial charge is 0.378 e. The Labute approximate surface area is 190 Å². The van der Waals surface area contributed by atoms with Gasteiger partial charge in [0.1, 0.15) is 0 Å². The third-order valence-electron chi connectivity index (χ3n) is 4.56. The van der Waals surface area contributed by atoms with Crippen molar-refractivity contribution in [2.75, 3.05) is 33.3 Å². The molecule has 28 heavy (non-hydrogen) atoms. The number of carbonyl (C=O) groups excluding carboxylic acids is 1. The van der Waals surface area contributed by atoms with Crippen LogP contribution in [0.5, 0.6) is 0 Å². The molecule has 2 rings (SSSR count). The molecule has 6 nitrogen and oxygen atoms in total. The molecule has 0 saturated heterocycles. The van der Waals surface area contributed by atoms with E-state index in [0.29, 0.717) is 29.8 Å². The van der Waals surface area contributed by atoms with Gasteiger partial charge in [-0.2, -0.15) is 0 Å². The molecule has 0 heterocycles. The molecule has 0 atom stereocenters. The van der Waals surface area contributed by atoms with Gasteiger partial charge in [-0.3, -0.25) is 9.79 Å². The predicted octanol–water partition coefficient (Wildman–Crippen LogP) is 3.59. The Kier molecular flexibility index (Phi) is 13.3. The Morgan fingerprint density at radius 2 is 1.79 bits per heavy atom. The molecule has 158 valence electrons. The van der Waals surface area contributed by atoms with Gasteiger partial charge in [-0.1, -0.05) is 43.0 Å². The van der Waals surface area contributed by atoms with Crippen LogP contribution in [0.15, 0.2) is 29.3 Å². The zero-order chi connectivity index (χ0) is 19.3. The highest BCUT2D eigenvalue weighted by Crippen LogP contribution is 2.20. The van der Waals surface area contributed by atoms with Gasteiger partial charge in [-0.25, -0.2) is 0 Å². The fourth-order valence-electron chi connectivity index (χ4n) is 3.08. The number of ether oxygens (including phenoxy) is 1. The third-order valence-corrected chi connectivity index (χ3v) is 4.89. The number of nitrogens with one attached hydrogen (secondary N) is 3. The average molecular weight is 523 g/mol. The normalized spacial score (nSPS) is 14.9. The van der Waals surface area contributed by atoms with Gasteiger partial charge in [-0.15, -0.1) is 24.0 Å².